The number of aryl methyl sites for hydroxylation is 1. The van der Waals surface area contributed by atoms with Crippen LogP contribution < -0.4 is 5.32 Å². The number of halogens is 2. The summed E-state index contributed by atoms with van der Waals surface area (Å²) in [5.41, 5.74) is 3.84. The third-order valence-electron chi connectivity index (χ3n) is 1.56. The average Bonchev–Trinajstić information content (AvgIpc) is 2.03. The monoisotopic (exact) mass is 259 g/mol. The molecule has 0 aliphatic rings. The Kier molecular flexibility index (Phi) is 4.33. The summed E-state index contributed by atoms with van der Waals surface area (Å²) in [6.45, 7) is 2.81. The molecule has 1 nitrogen and oxygen atoms in total. The van der Waals surface area contributed by atoms with E-state index in [1.807, 2.05) is 12.1 Å². The molecule has 0 spiro atoms. The number of hydrogen-bond donors (Lipinski definition) is 1. The van der Waals surface area contributed by atoms with E-state index in [4.69, 9.17) is 11.6 Å². The first-order chi connectivity index (χ1) is 6.22. The zero-order valence-corrected chi connectivity index (χ0v) is 9.69. The van der Waals surface area contributed by atoms with Crippen molar-refractivity contribution in [3.8, 4) is 0 Å². The van der Waals surface area contributed by atoms with Gasteiger partial charge in [0.2, 0.25) is 0 Å². The lowest BCUT2D eigenvalue weighted by Crippen LogP contribution is -1.97. The number of benzene rings is 1. The Morgan fingerprint density at radius 2 is 2.23 bits per heavy atom. The van der Waals surface area contributed by atoms with E-state index in [0.717, 1.165) is 16.7 Å². The quantitative estimate of drug-likeness (QED) is 0.868. The summed E-state index contributed by atoms with van der Waals surface area (Å²) in [6.07, 6.45) is 1.86. The second kappa shape index (κ2) is 5.30. The van der Waals surface area contributed by atoms with Crippen molar-refractivity contribution < 1.29 is 0 Å². The molecule has 1 aromatic rings. The Hall–Kier alpha value is -0.470. The van der Waals surface area contributed by atoms with Crippen molar-refractivity contribution in [2.75, 3.05) is 11.9 Å². The Bertz CT molecular complexity index is 290. The summed E-state index contributed by atoms with van der Waals surface area (Å²) in [5, 5.41) is 3.23. The van der Waals surface area contributed by atoms with Crippen molar-refractivity contribution in [3.63, 3.8) is 0 Å². The maximum Gasteiger partial charge on any atom is 0.0356 e. The zero-order chi connectivity index (χ0) is 9.68. The van der Waals surface area contributed by atoms with E-state index in [1.165, 1.54) is 11.1 Å². The van der Waals surface area contributed by atoms with Gasteiger partial charge in [-0.05, 0) is 30.7 Å². The van der Waals surface area contributed by atoms with Gasteiger partial charge < -0.3 is 5.32 Å². The lowest BCUT2D eigenvalue weighted by Gasteiger charge is -2.04. The van der Waals surface area contributed by atoms with E-state index in [9.17, 15) is 0 Å². The summed E-state index contributed by atoms with van der Waals surface area (Å²) in [7, 11) is 0. The molecule has 0 bridgehead atoms. The van der Waals surface area contributed by atoms with Crippen LogP contribution in [0.3, 0.4) is 0 Å². The van der Waals surface area contributed by atoms with Crippen molar-refractivity contribution in [3.05, 3.63) is 39.8 Å². The van der Waals surface area contributed by atoms with E-state index in [-0.39, 0.29) is 0 Å². The van der Waals surface area contributed by atoms with Crippen LogP contribution in [0.15, 0.2) is 34.3 Å². The van der Waals surface area contributed by atoms with Crippen LogP contribution in [-0.4, -0.2) is 6.54 Å². The molecule has 0 aliphatic heterocycles. The molecule has 1 rings (SSSR count). The highest BCUT2D eigenvalue weighted by atomic mass is 79.9. The third kappa shape index (κ3) is 3.83. The summed E-state index contributed by atoms with van der Waals surface area (Å²) >= 11 is 8.84. The summed E-state index contributed by atoms with van der Waals surface area (Å²) in [6, 6.07) is 6.20. The highest BCUT2D eigenvalue weighted by molar-refractivity contribution is 9.10. The first kappa shape index (κ1) is 10.6. The van der Waals surface area contributed by atoms with E-state index >= 15 is 0 Å². The molecular formula is C10H11BrClN. The first-order valence-electron chi connectivity index (χ1n) is 3.98. The molecule has 0 atom stereocenters. The van der Waals surface area contributed by atoms with Crippen molar-refractivity contribution in [2.24, 2.45) is 0 Å². The number of anilines is 1. The average molecular weight is 261 g/mol. The SMILES string of the molecule is Cc1cc(Br)cc(NC/C=C/Cl)c1. The highest BCUT2D eigenvalue weighted by Crippen LogP contribution is 2.18. The predicted molar refractivity (Wildman–Crippen MR) is 62.4 cm³/mol. The molecule has 3 heteroatoms. The van der Waals surface area contributed by atoms with Crippen molar-refractivity contribution in [1.82, 2.24) is 0 Å². The lowest BCUT2D eigenvalue weighted by molar-refractivity contribution is 1.32. The summed E-state index contributed by atoms with van der Waals surface area (Å²) in [5.74, 6) is 0. The molecule has 1 aromatic carbocycles. The van der Waals surface area contributed by atoms with Crippen LogP contribution >= 0.6 is 27.5 Å². The number of nitrogens with one attached hydrogen (secondary N) is 1. The molecule has 0 unspecified atom stereocenters. The van der Waals surface area contributed by atoms with Gasteiger partial charge in [-0.2, -0.15) is 0 Å². The van der Waals surface area contributed by atoms with E-state index in [1.54, 1.807) is 0 Å². The zero-order valence-electron chi connectivity index (χ0n) is 7.35. The van der Waals surface area contributed by atoms with Crippen LogP contribution in [0.25, 0.3) is 0 Å². The molecule has 0 radical (unpaired) electrons. The maximum atomic E-state index is 5.40. The Balaban J connectivity index is 2.66. The molecule has 70 valence electrons. The Morgan fingerprint density at radius 1 is 1.46 bits per heavy atom. The number of rotatable bonds is 3. The molecular weight excluding hydrogens is 249 g/mol. The van der Waals surface area contributed by atoms with Gasteiger partial charge in [-0.15, -0.1) is 0 Å². The number of hydrogen-bond acceptors (Lipinski definition) is 1. The fourth-order valence-electron chi connectivity index (χ4n) is 1.06. The van der Waals surface area contributed by atoms with Gasteiger partial charge in [-0.25, -0.2) is 0 Å². The molecule has 0 fully saturated rings. The minimum Gasteiger partial charge on any atom is -0.381 e. The van der Waals surface area contributed by atoms with Crippen LogP contribution in [0.5, 0.6) is 0 Å². The smallest absolute Gasteiger partial charge is 0.0356 e. The molecule has 0 saturated carbocycles. The molecule has 0 amide bonds. The fraction of sp³-hybridized carbons (Fsp3) is 0.200. The fourth-order valence-corrected chi connectivity index (χ4v) is 1.76. The van der Waals surface area contributed by atoms with Gasteiger partial charge >= 0.3 is 0 Å². The van der Waals surface area contributed by atoms with Gasteiger partial charge in [0.25, 0.3) is 0 Å². The molecule has 0 aromatic heterocycles. The Labute approximate surface area is 91.9 Å². The molecule has 13 heavy (non-hydrogen) atoms. The van der Waals surface area contributed by atoms with E-state index < -0.39 is 0 Å². The largest absolute Gasteiger partial charge is 0.381 e. The minimum absolute atomic E-state index is 0.749. The topological polar surface area (TPSA) is 12.0 Å². The minimum atomic E-state index is 0.749. The predicted octanol–water partition coefficient (Wildman–Crippen LogP) is 3.92. The van der Waals surface area contributed by atoms with Gasteiger partial charge in [0.1, 0.15) is 0 Å². The van der Waals surface area contributed by atoms with Crippen molar-refractivity contribution >= 4 is 33.2 Å². The van der Waals surface area contributed by atoms with Gasteiger partial charge in [0.05, 0.1) is 0 Å². The summed E-state index contributed by atoms with van der Waals surface area (Å²) in [4.78, 5) is 0. The van der Waals surface area contributed by atoms with Crippen LogP contribution in [-0.2, 0) is 0 Å². The van der Waals surface area contributed by atoms with Crippen molar-refractivity contribution in [1.29, 1.82) is 0 Å². The van der Waals surface area contributed by atoms with Crippen LogP contribution in [0, 0.1) is 6.92 Å². The second-order valence-corrected chi connectivity index (χ2v) is 3.93. The molecule has 0 heterocycles. The standard InChI is InChI=1S/C10H11BrClN/c1-8-5-9(11)7-10(6-8)13-4-2-3-12/h2-3,5-7,13H,4H2,1H3/b3-2+. The normalized spacial score (nSPS) is 10.7. The maximum absolute atomic E-state index is 5.40. The van der Waals surface area contributed by atoms with Gasteiger partial charge in [0, 0.05) is 22.2 Å². The van der Waals surface area contributed by atoms with Crippen LogP contribution in [0.4, 0.5) is 5.69 Å². The second-order valence-electron chi connectivity index (χ2n) is 2.76. The van der Waals surface area contributed by atoms with Gasteiger partial charge in [0.15, 0.2) is 0 Å². The molecule has 0 aliphatic carbocycles. The van der Waals surface area contributed by atoms with Gasteiger partial charge in [-0.1, -0.05) is 33.6 Å². The van der Waals surface area contributed by atoms with Crippen LogP contribution in [0.1, 0.15) is 5.56 Å². The van der Waals surface area contributed by atoms with Crippen molar-refractivity contribution in [2.45, 2.75) is 6.92 Å². The van der Waals surface area contributed by atoms with Crippen LogP contribution in [0.2, 0.25) is 0 Å². The first-order valence-corrected chi connectivity index (χ1v) is 5.21. The lowest BCUT2D eigenvalue weighted by atomic mass is 10.2. The summed E-state index contributed by atoms with van der Waals surface area (Å²) < 4.78 is 1.09. The molecule has 0 saturated heterocycles. The molecule has 1 N–H and O–H groups in total. The highest BCUT2D eigenvalue weighted by Gasteiger charge is 1.93. The van der Waals surface area contributed by atoms with E-state index in [2.05, 4.69) is 40.3 Å². The van der Waals surface area contributed by atoms with Gasteiger partial charge in [-0.3, -0.25) is 0 Å². The Morgan fingerprint density at radius 3 is 2.85 bits per heavy atom. The third-order valence-corrected chi connectivity index (χ3v) is 2.19. The van der Waals surface area contributed by atoms with E-state index in [0.29, 0.717) is 0 Å².